The second-order valence-electron chi connectivity index (χ2n) is 4.41. The van der Waals surface area contributed by atoms with Crippen LogP contribution in [0.25, 0.3) is 0 Å². The van der Waals surface area contributed by atoms with Crippen molar-refractivity contribution in [3.8, 4) is 0 Å². The molecule has 0 bridgehead atoms. The number of hydrogen-bond acceptors (Lipinski definition) is 3. The highest BCUT2D eigenvalue weighted by molar-refractivity contribution is 5.05. The van der Waals surface area contributed by atoms with Gasteiger partial charge in [-0.3, -0.25) is 4.90 Å². The molecule has 0 aliphatic carbocycles. The Kier molecular flexibility index (Phi) is 3.44. The SMILES string of the molecule is Cc1ccc(CN(C)C2CCNCC2)o1. The van der Waals surface area contributed by atoms with Crippen LogP contribution in [0.1, 0.15) is 24.4 Å². The third kappa shape index (κ3) is 2.83. The van der Waals surface area contributed by atoms with Crippen molar-refractivity contribution in [3.63, 3.8) is 0 Å². The van der Waals surface area contributed by atoms with Gasteiger partial charge in [0.2, 0.25) is 0 Å². The number of furan rings is 1. The predicted molar refractivity (Wildman–Crippen MR) is 60.8 cm³/mol. The lowest BCUT2D eigenvalue weighted by atomic mass is 10.1. The van der Waals surface area contributed by atoms with Gasteiger partial charge in [0.1, 0.15) is 11.5 Å². The number of nitrogens with one attached hydrogen (secondary N) is 1. The molecule has 0 spiro atoms. The zero-order valence-corrected chi connectivity index (χ0v) is 9.62. The van der Waals surface area contributed by atoms with E-state index in [-0.39, 0.29) is 0 Å². The molecule has 2 heterocycles. The van der Waals surface area contributed by atoms with Crippen LogP contribution in [-0.2, 0) is 6.54 Å². The summed E-state index contributed by atoms with van der Waals surface area (Å²) in [6.07, 6.45) is 2.49. The Morgan fingerprint density at radius 1 is 1.40 bits per heavy atom. The van der Waals surface area contributed by atoms with Crippen LogP contribution in [0, 0.1) is 6.92 Å². The summed E-state index contributed by atoms with van der Waals surface area (Å²) >= 11 is 0. The van der Waals surface area contributed by atoms with Crippen LogP contribution in [0.15, 0.2) is 16.5 Å². The molecular weight excluding hydrogens is 188 g/mol. The fraction of sp³-hybridized carbons (Fsp3) is 0.667. The van der Waals surface area contributed by atoms with Gasteiger partial charge in [-0.25, -0.2) is 0 Å². The summed E-state index contributed by atoms with van der Waals surface area (Å²) in [4.78, 5) is 2.40. The van der Waals surface area contributed by atoms with E-state index in [4.69, 9.17) is 4.42 Å². The summed E-state index contributed by atoms with van der Waals surface area (Å²) in [5.74, 6) is 2.08. The molecule has 1 saturated heterocycles. The number of aryl methyl sites for hydroxylation is 1. The largest absolute Gasteiger partial charge is 0.465 e. The zero-order chi connectivity index (χ0) is 10.7. The van der Waals surface area contributed by atoms with Gasteiger partial charge in [-0.15, -0.1) is 0 Å². The van der Waals surface area contributed by atoms with Crippen molar-refractivity contribution in [3.05, 3.63) is 23.7 Å². The Labute approximate surface area is 91.4 Å². The maximum absolute atomic E-state index is 5.59. The van der Waals surface area contributed by atoms with Crippen molar-refractivity contribution in [2.45, 2.75) is 32.4 Å². The minimum atomic E-state index is 0.705. The highest BCUT2D eigenvalue weighted by Gasteiger charge is 2.18. The lowest BCUT2D eigenvalue weighted by Gasteiger charge is -2.30. The first-order valence-corrected chi connectivity index (χ1v) is 5.72. The molecule has 3 heteroatoms. The van der Waals surface area contributed by atoms with Gasteiger partial charge in [-0.05, 0) is 52.0 Å². The van der Waals surface area contributed by atoms with Gasteiger partial charge in [0, 0.05) is 6.04 Å². The molecule has 1 aromatic heterocycles. The third-order valence-corrected chi connectivity index (χ3v) is 3.13. The molecule has 0 unspecified atom stereocenters. The van der Waals surface area contributed by atoms with E-state index in [1.165, 1.54) is 12.8 Å². The highest BCUT2D eigenvalue weighted by atomic mass is 16.3. The van der Waals surface area contributed by atoms with E-state index < -0.39 is 0 Å². The van der Waals surface area contributed by atoms with Crippen LogP contribution in [0.4, 0.5) is 0 Å². The van der Waals surface area contributed by atoms with Crippen LogP contribution in [-0.4, -0.2) is 31.1 Å². The molecule has 0 aromatic carbocycles. The Morgan fingerprint density at radius 2 is 2.13 bits per heavy atom. The molecule has 2 rings (SSSR count). The van der Waals surface area contributed by atoms with E-state index in [1.54, 1.807) is 0 Å². The summed E-state index contributed by atoms with van der Waals surface area (Å²) in [6, 6.07) is 4.81. The third-order valence-electron chi connectivity index (χ3n) is 3.13. The fourth-order valence-electron chi connectivity index (χ4n) is 2.19. The normalized spacial score (nSPS) is 18.6. The average molecular weight is 208 g/mol. The van der Waals surface area contributed by atoms with Crippen LogP contribution in [0.2, 0.25) is 0 Å². The minimum absolute atomic E-state index is 0.705. The lowest BCUT2D eigenvalue weighted by Crippen LogP contribution is -2.40. The van der Waals surface area contributed by atoms with Gasteiger partial charge in [-0.2, -0.15) is 0 Å². The van der Waals surface area contributed by atoms with Crippen molar-refractivity contribution in [2.24, 2.45) is 0 Å². The van der Waals surface area contributed by atoms with Crippen molar-refractivity contribution in [1.82, 2.24) is 10.2 Å². The summed E-state index contributed by atoms with van der Waals surface area (Å²) in [5, 5.41) is 3.39. The van der Waals surface area contributed by atoms with E-state index >= 15 is 0 Å². The van der Waals surface area contributed by atoms with Crippen molar-refractivity contribution in [1.29, 1.82) is 0 Å². The van der Waals surface area contributed by atoms with E-state index in [1.807, 2.05) is 13.0 Å². The predicted octanol–water partition coefficient (Wildman–Crippen LogP) is 1.77. The van der Waals surface area contributed by atoms with Gasteiger partial charge in [0.15, 0.2) is 0 Å². The van der Waals surface area contributed by atoms with Gasteiger partial charge >= 0.3 is 0 Å². The molecule has 1 aliphatic rings. The fourth-order valence-corrected chi connectivity index (χ4v) is 2.19. The maximum atomic E-state index is 5.59. The first kappa shape index (κ1) is 10.7. The molecule has 0 atom stereocenters. The average Bonchev–Trinajstić information content (AvgIpc) is 2.65. The lowest BCUT2D eigenvalue weighted by molar-refractivity contribution is 0.179. The van der Waals surface area contributed by atoms with Crippen LogP contribution >= 0.6 is 0 Å². The molecular formula is C12H20N2O. The molecule has 1 fully saturated rings. The van der Waals surface area contributed by atoms with Crippen molar-refractivity contribution in [2.75, 3.05) is 20.1 Å². The van der Waals surface area contributed by atoms with E-state index in [0.29, 0.717) is 6.04 Å². The topological polar surface area (TPSA) is 28.4 Å². The second-order valence-corrected chi connectivity index (χ2v) is 4.41. The Morgan fingerprint density at radius 3 is 2.73 bits per heavy atom. The molecule has 1 aliphatic heterocycles. The first-order chi connectivity index (χ1) is 7.25. The van der Waals surface area contributed by atoms with E-state index in [2.05, 4.69) is 23.3 Å². The number of piperidine rings is 1. The molecule has 15 heavy (non-hydrogen) atoms. The standard InChI is InChI=1S/C12H20N2O/c1-10-3-4-12(15-10)9-14(2)11-5-7-13-8-6-11/h3-4,11,13H,5-9H2,1-2H3. The first-order valence-electron chi connectivity index (χ1n) is 5.72. The molecule has 0 saturated carbocycles. The van der Waals surface area contributed by atoms with Crippen molar-refractivity contribution >= 4 is 0 Å². The van der Waals surface area contributed by atoms with Crippen LogP contribution in [0.5, 0.6) is 0 Å². The number of nitrogens with zero attached hydrogens (tertiary/aromatic N) is 1. The van der Waals surface area contributed by atoms with E-state index in [0.717, 1.165) is 31.2 Å². The van der Waals surface area contributed by atoms with Gasteiger partial charge in [-0.1, -0.05) is 0 Å². The molecule has 0 radical (unpaired) electrons. The quantitative estimate of drug-likeness (QED) is 0.820. The van der Waals surface area contributed by atoms with Gasteiger partial charge in [0.25, 0.3) is 0 Å². The van der Waals surface area contributed by atoms with Gasteiger partial charge in [0.05, 0.1) is 6.54 Å². The monoisotopic (exact) mass is 208 g/mol. The van der Waals surface area contributed by atoms with Gasteiger partial charge < -0.3 is 9.73 Å². The summed E-state index contributed by atoms with van der Waals surface area (Å²) in [6.45, 7) is 5.21. The highest BCUT2D eigenvalue weighted by Crippen LogP contribution is 2.15. The summed E-state index contributed by atoms with van der Waals surface area (Å²) < 4.78 is 5.59. The van der Waals surface area contributed by atoms with E-state index in [9.17, 15) is 0 Å². The zero-order valence-electron chi connectivity index (χ0n) is 9.62. The Hall–Kier alpha value is -0.800. The summed E-state index contributed by atoms with van der Waals surface area (Å²) in [7, 11) is 2.19. The molecule has 84 valence electrons. The maximum Gasteiger partial charge on any atom is 0.118 e. The molecule has 1 aromatic rings. The molecule has 1 N–H and O–H groups in total. The van der Waals surface area contributed by atoms with Crippen LogP contribution < -0.4 is 5.32 Å². The van der Waals surface area contributed by atoms with Crippen LogP contribution in [0.3, 0.4) is 0 Å². The minimum Gasteiger partial charge on any atom is -0.465 e. The Balaban J connectivity index is 1.88. The molecule has 3 nitrogen and oxygen atoms in total. The number of rotatable bonds is 3. The second kappa shape index (κ2) is 4.81. The Bertz CT molecular complexity index is 302. The smallest absolute Gasteiger partial charge is 0.118 e. The summed E-state index contributed by atoms with van der Waals surface area (Å²) in [5.41, 5.74) is 0. The molecule has 0 amide bonds. The van der Waals surface area contributed by atoms with Crippen molar-refractivity contribution < 1.29 is 4.42 Å². The number of hydrogen-bond donors (Lipinski definition) is 1.